The SMILES string of the molecule is CC(C)(C)OC(=O)CCC(CO)NC(=O)CCNC(=O)C1=CC2OCOC2C(OC(=O)c2ccccc2C=CCc2ccccc2O)C1. The van der Waals surface area contributed by atoms with Crippen molar-refractivity contribution < 1.29 is 48.3 Å². The van der Waals surface area contributed by atoms with Gasteiger partial charge in [0.05, 0.1) is 18.2 Å². The fourth-order valence-electron chi connectivity index (χ4n) is 5.35. The van der Waals surface area contributed by atoms with Gasteiger partial charge >= 0.3 is 11.9 Å². The van der Waals surface area contributed by atoms with Crippen molar-refractivity contribution in [2.45, 2.75) is 82.8 Å². The lowest BCUT2D eigenvalue weighted by Crippen LogP contribution is -2.44. The molecule has 258 valence electrons. The van der Waals surface area contributed by atoms with Gasteiger partial charge in [-0.25, -0.2) is 4.79 Å². The van der Waals surface area contributed by atoms with Gasteiger partial charge in [-0.3, -0.25) is 14.4 Å². The second kappa shape index (κ2) is 17.0. The van der Waals surface area contributed by atoms with Crippen LogP contribution in [0.2, 0.25) is 0 Å². The summed E-state index contributed by atoms with van der Waals surface area (Å²) >= 11 is 0. The van der Waals surface area contributed by atoms with Crippen molar-refractivity contribution in [2.24, 2.45) is 0 Å². The minimum atomic E-state index is -0.798. The summed E-state index contributed by atoms with van der Waals surface area (Å²) in [6.45, 7) is 4.93. The number of aliphatic hydroxyl groups is 1. The van der Waals surface area contributed by atoms with Crippen molar-refractivity contribution in [2.75, 3.05) is 19.9 Å². The van der Waals surface area contributed by atoms with Gasteiger partial charge in [-0.05, 0) is 62.9 Å². The highest BCUT2D eigenvalue weighted by Crippen LogP contribution is 2.31. The lowest BCUT2D eigenvalue weighted by Gasteiger charge is -2.30. The Balaban J connectivity index is 1.29. The average Bonchev–Trinajstić information content (AvgIpc) is 3.52. The highest BCUT2D eigenvalue weighted by molar-refractivity contribution is 5.95. The zero-order valence-electron chi connectivity index (χ0n) is 27.5. The molecule has 12 heteroatoms. The van der Waals surface area contributed by atoms with Crippen LogP contribution in [0.15, 0.2) is 66.3 Å². The molecule has 48 heavy (non-hydrogen) atoms. The monoisotopic (exact) mass is 664 g/mol. The number of aromatic hydroxyl groups is 1. The number of fused-ring (bicyclic) bond motifs is 1. The Hall–Kier alpha value is -4.52. The summed E-state index contributed by atoms with van der Waals surface area (Å²) in [6, 6.07) is 13.4. The molecule has 1 aliphatic carbocycles. The second-order valence-electron chi connectivity index (χ2n) is 12.6. The molecule has 1 aliphatic heterocycles. The van der Waals surface area contributed by atoms with Crippen molar-refractivity contribution in [3.63, 3.8) is 0 Å². The second-order valence-corrected chi connectivity index (χ2v) is 12.6. The Morgan fingerprint density at radius 2 is 1.79 bits per heavy atom. The van der Waals surface area contributed by atoms with E-state index in [1.54, 1.807) is 69.3 Å². The van der Waals surface area contributed by atoms with Crippen molar-refractivity contribution in [3.05, 3.63) is 82.9 Å². The van der Waals surface area contributed by atoms with Crippen molar-refractivity contribution in [1.82, 2.24) is 10.6 Å². The normalized spacial score (nSPS) is 19.6. The Morgan fingerprint density at radius 1 is 1.04 bits per heavy atom. The predicted octanol–water partition coefficient (Wildman–Crippen LogP) is 3.35. The van der Waals surface area contributed by atoms with Gasteiger partial charge in [-0.1, -0.05) is 48.6 Å². The number of hydrogen-bond donors (Lipinski definition) is 4. The average molecular weight is 665 g/mol. The largest absolute Gasteiger partial charge is 0.508 e. The van der Waals surface area contributed by atoms with Gasteiger partial charge in [-0.2, -0.15) is 0 Å². The van der Waals surface area contributed by atoms with E-state index < -0.39 is 53.7 Å². The molecule has 1 heterocycles. The quantitative estimate of drug-likeness (QED) is 0.220. The molecule has 4 atom stereocenters. The summed E-state index contributed by atoms with van der Waals surface area (Å²) in [5, 5.41) is 25.1. The number of ether oxygens (including phenoxy) is 4. The number of benzene rings is 2. The molecule has 1 saturated heterocycles. The van der Waals surface area contributed by atoms with Crippen LogP contribution in [0.25, 0.3) is 6.08 Å². The molecular weight excluding hydrogens is 620 g/mol. The van der Waals surface area contributed by atoms with Crippen molar-refractivity contribution in [1.29, 1.82) is 0 Å². The third-order valence-electron chi connectivity index (χ3n) is 7.70. The van der Waals surface area contributed by atoms with Gasteiger partial charge < -0.3 is 39.8 Å². The Bertz CT molecular complexity index is 1510. The smallest absolute Gasteiger partial charge is 0.339 e. The topological polar surface area (TPSA) is 170 Å². The molecule has 12 nitrogen and oxygen atoms in total. The maximum absolute atomic E-state index is 13.4. The number of nitrogens with one attached hydrogen (secondary N) is 2. The summed E-state index contributed by atoms with van der Waals surface area (Å²) in [4.78, 5) is 50.9. The Kier molecular flexibility index (Phi) is 12.9. The zero-order chi connectivity index (χ0) is 34.7. The number of amides is 2. The molecule has 4 N–H and O–H groups in total. The first kappa shape index (κ1) is 36.3. The van der Waals surface area contributed by atoms with Crippen LogP contribution in [0.5, 0.6) is 5.75 Å². The molecule has 0 radical (unpaired) electrons. The van der Waals surface area contributed by atoms with Gasteiger partial charge in [-0.15, -0.1) is 0 Å². The number of esters is 2. The van der Waals surface area contributed by atoms with Crippen LogP contribution < -0.4 is 10.6 Å². The Morgan fingerprint density at radius 3 is 2.54 bits per heavy atom. The first-order valence-electron chi connectivity index (χ1n) is 16.0. The fraction of sp³-hybridized carbons (Fsp3) is 0.444. The number of phenolic OH excluding ortho intramolecular Hbond substituents is 1. The molecule has 0 aromatic heterocycles. The highest BCUT2D eigenvalue weighted by Gasteiger charge is 2.42. The number of rotatable bonds is 14. The maximum atomic E-state index is 13.4. The molecule has 0 spiro atoms. The van der Waals surface area contributed by atoms with E-state index in [2.05, 4.69) is 10.6 Å². The van der Waals surface area contributed by atoms with E-state index in [4.69, 9.17) is 18.9 Å². The Labute approximate surface area is 280 Å². The predicted molar refractivity (Wildman–Crippen MR) is 176 cm³/mol. The van der Waals surface area contributed by atoms with Crippen LogP contribution in [0.4, 0.5) is 0 Å². The van der Waals surface area contributed by atoms with Crippen LogP contribution in [0.3, 0.4) is 0 Å². The van der Waals surface area contributed by atoms with E-state index in [-0.39, 0.29) is 51.4 Å². The van der Waals surface area contributed by atoms with E-state index in [9.17, 15) is 29.4 Å². The molecule has 2 amide bonds. The lowest BCUT2D eigenvalue weighted by atomic mass is 9.91. The van der Waals surface area contributed by atoms with Crippen LogP contribution in [-0.2, 0) is 39.8 Å². The lowest BCUT2D eigenvalue weighted by molar-refractivity contribution is -0.155. The third-order valence-corrected chi connectivity index (χ3v) is 7.70. The minimum absolute atomic E-state index is 0.0133. The molecule has 2 aromatic carbocycles. The number of para-hydroxylation sites is 1. The standard InChI is InChI=1S/C36H44N2O10/c1-36(2,3)48-32(42)16-15-26(21-39)38-31(41)17-18-37-34(43)25-19-29-33(46-22-45-29)30(20-25)47-35(44)27-13-6-4-9-23(27)11-8-12-24-10-5-7-14-28(24)40/h4-11,13-14,19,26,29-30,33,39-40H,12,15-18,20-22H2,1-3H3,(H,37,43)(H,38,41). The first-order chi connectivity index (χ1) is 22.9. The number of carbonyl (C=O) groups is 4. The third kappa shape index (κ3) is 10.8. The zero-order valence-corrected chi connectivity index (χ0v) is 27.5. The van der Waals surface area contributed by atoms with Gasteiger partial charge in [0.2, 0.25) is 11.8 Å². The number of carbonyl (C=O) groups excluding carboxylic acids is 4. The summed E-state index contributed by atoms with van der Waals surface area (Å²) < 4.78 is 22.5. The van der Waals surface area contributed by atoms with Gasteiger partial charge in [0.1, 0.15) is 36.5 Å². The summed E-state index contributed by atoms with van der Waals surface area (Å²) in [5.41, 5.74) is 1.43. The molecule has 0 saturated carbocycles. The van der Waals surface area contributed by atoms with Crippen molar-refractivity contribution >= 4 is 29.8 Å². The van der Waals surface area contributed by atoms with Crippen LogP contribution in [0, 0.1) is 0 Å². The molecule has 2 aromatic rings. The van der Waals surface area contributed by atoms with Crippen LogP contribution >= 0.6 is 0 Å². The molecule has 1 fully saturated rings. The van der Waals surface area contributed by atoms with E-state index >= 15 is 0 Å². The van der Waals surface area contributed by atoms with Crippen LogP contribution in [-0.4, -0.2) is 83.9 Å². The number of aliphatic hydroxyl groups excluding tert-OH is 1. The summed E-state index contributed by atoms with van der Waals surface area (Å²) in [7, 11) is 0. The van der Waals surface area contributed by atoms with E-state index in [1.165, 1.54) is 0 Å². The maximum Gasteiger partial charge on any atom is 0.339 e. The number of phenols is 1. The van der Waals surface area contributed by atoms with Gasteiger partial charge in [0, 0.05) is 31.4 Å². The number of hydrogen-bond acceptors (Lipinski definition) is 10. The molecule has 0 bridgehead atoms. The molecule has 2 aliphatic rings. The van der Waals surface area contributed by atoms with E-state index in [1.807, 2.05) is 18.2 Å². The van der Waals surface area contributed by atoms with Crippen LogP contribution in [0.1, 0.15) is 67.9 Å². The van der Waals surface area contributed by atoms with E-state index in [0.717, 1.165) is 5.56 Å². The first-order valence-corrected chi connectivity index (χ1v) is 16.0. The summed E-state index contributed by atoms with van der Waals surface area (Å²) in [6.07, 6.45) is 4.05. The van der Waals surface area contributed by atoms with Gasteiger partial charge in [0.25, 0.3) is 0 Å². The van der Waals surface area contributed by atoms with Gasteiger partial charge in [0.15, 0.2) is 0 Å². The molecular formula is C36H44N2O10. The molecule has 4 rings (SSSR count). The highest BCUT2D eigenvalue weighted by atomic mass is 16.7. The minimum Gasteiger partial charge on any atom is -0.508 e. The fourth-order valence-corrected chi connectivity index (χ4v) is 5.35. The molecule has 4 unspecified atom stereocenters. The number of allylic oxidation sites excluding steroid dienone is 1. The summed E-state index contributed by atoms with van der Waals surface area (Å²) in [5.74, 6) is -1.65. The van der Waals surface area contributed by atoms with E-state index in [0.29, 0.717) is 23.1 Å². The van der Waals surface area contributed by atoms with Crippen molar-refractivity contribution in [3.8, 4) is 5.75 Å².